The number of hydrogen-bond acceptors (Lipinski definition) is 10. The number of aryl methyl sites for hydroxylation is 1. The molecule has 168 valence electrons. The van der Waals surface area contributed by atoms with Crippen LogP contribution in [0.3, 0.4) is 0 Å². The molecule has 5 atom stereocenters. The highest BCUT2D eigenvalue weighted by molar-refractivity contribution is 7.60. The Bertz CT molecular complexity index is 1100. The van der Waals surface area contributed by atoms with Crippen molar-refractivity contribution in [3.05, 3.63) is 16.7 Å². The number of aromatic nitrogens is 4. The lowest BCUT2D eigenvalue weighted by atomic mass is 10.1. The van der Waals surface area contributed by atoms with Crippen molar-refractivity contribution in [3.63, 3.8) is 0 Å². The van der Waals surface area contributed by atoms with E-state index in [1.54, 1.807) is 7.05 Å². The maximum Gasteiger partial charge on any atom is 0.481 e. The van der Waals surface area contributed by atoms with E-state index in [4.69, 9.17) is 25.0 Å². The van der Waals surface area contributed by atoms with E-state index in [0.29, 0.717) is 0 Å². The van der Waals surface area contributed by atoms with Crippen molar-refractivity contribution in [3.8, 4) is 0 Å². The van der Waals surface area contributed by atoms with Crippen molar-refractivity contribution in [1.82, 2.24) is 14.5 Å². The smallest absolute Gasteiger partial charge is 0.387 e. The molecule has 2 aromatic rings. The van der Waals surface area contributed by atoms with E-state index >= 15 is 0 Å². The van der Waals surface area contributed by atoms with E-state index in [2.05, 4.69) is 18.8 Å². The summed E-state index contributed by atoms with van der Waals surface area (Å²) in [4.78, 5) is 45.3. The fourth-order valence-corrected chi connectivity index (χ4v) is 4.71. The molecule has 3 heterocycles. The van der Waals surface area contributed by atoms with E-state index in [9.17, 15) is 23.9 Å². The quantitative estimate of drug-likeness (QED) is 0.183. The van der Waals surface area contributed by atoms with Gasteiger partial charge in [0.1, 0.15) is 18.3 Å². The van der Waals surface area contributed by atoms with Crippen LogP contribution in [-0.4, -0.2) is 66.4 Å². The third-order valence-corrected chi connectivity index (χ3v) is 6.41. The maximum atomic E-state index is 12.2. The van der Waals surface area contributed by atoms with Gasteiger partial charge in [-0.3, -0.25) is 18.9 Å². The zero-order chi connectivity index (χ0) is 22.4. The minimum absolute atomic E-state index is 0.122. The molecule has 0 bridgehead atoms. The molecule has 7 N–H and O–H groups in total. The zero-order valence-corrected chi connectivity index (χ0v) is 17.3. The summed E-state index contributed by atoms with van der Waals surface area (Å²) in [6.45, 7) is -0.771. The van der Waals surface area contributed by atoms with Gasteiger partial charge in [0.25, 0.3) is 11.5 Å². The standard InChI is InChI=1S/C12H19N5O11P2/c1-16-4-17(9-6(16)10(19)15-12(13)14-9)11-8(25-2)7(18)5(27-11)3-26-30(23,24)28-29(20,21)22/h4-5,7-8,11,18H,3H2,1-2H3,(H5-,13,14,15,19,20,21,22,23,24)/p+1/t5-,7+,8?,11-/m1/s1. The van der Waals surface area contributed by atoms with Gasteiger partial charge in [0.15, 0.2) is 6.33 Å². The molecule has 0 radical (unpaired) electrons. The highest BCUT2D eigenvalue weighted by Crippen LogP contribution is 2.57. The Kier molecular flexibility index (Phi) is 6.19. The molecule has 16 nitrogen and oxygen atoms in total. The minimum Gasteiger partial charge on any atom is -0.387 e. The number of methoxy groups -OCH3 is 1. The van der Waals surface area contributed by atoms with E-state index in [1.807, 2.05) is 0 Å². The number of phosphoric acid groups is 2. The van der Waals surface area contributed by atoms with Gasteiger partial charge in [-0.15, -0.1) is 0 Å². The molecule has 0 aliphatic carbocycles. The van der Waals surface area contributed by atoms with Crippen LogP contribution in [0, 0.1) is 0 Å². The second-order valence-electron chi connectivity index (χ2n) is 6.35. The van der Waals surface area contributed by atoms with Gasteiger partial charge in [-0.05, 0) is 0 Å². The van der Waals surface area contributed by atoms with Crippen LogP contribution in [0.15, 0.2) is 11.1 Å². The minimum atomic E-state index is -5.30. The molecule has 0 aromatic carbocycles. The number of nitrogens with two attached hydrogens (primary N) is 1. The molecule has 1 aliphatic heterocycles. The van der Waals surface area contributed by atoms with Crippen molar-refractivity contribution in [2.24, 2.45) is 7.05 Å². The number of rotatable bonds is 7. The monoisotopic (exact) mass is 472 g/mol. The van der Waals surface area contributed by atoms with Crippen LogP contribution in [0.5, 0.6) is 0 Å². The van der Waals surface area contributed by atoms with Gasteiger partial charge in [-0.2, -0.15) is 4.31 Å². The molecular formula is C12H20N5O11P2+. The predicted molar refractivity (Wildman–Crippen MR) is 95.6 cm³/mol. The van der Waals surface area contributed by atoms with Crippen LogP contribution < -0.4 is 15.9 Å². The number of anilines is 1. The van der Waals surface area contributed by atoms with Crippen LogP contribution in [0.1, 0.15) is 6.23 Å². The first-order valence-corrected chi connectivity index (χ1v) is 11.2. The molecule has 1 aliphatic rings. The summed E-state index contributed by atoms with van der Waals surface area (Å²) in [5.74, 6) is -0.157. The van der Waals surface area contributed by atoms with Gasteiger partial charge in [-0.1, -0.05) is 4.98 Å². The van der Waals surface area contributed by atoms with Crippen molar-refractivity contribution in [2.75, 3.05) is 19.5 Å². The number of hydrogen-bond donors (Lipinski definition) is 6. The second kappa shape index (κ2) is 8.09. The van der Waals surface area contributed by atoms with Gasteiger partial charge in [-0.25, -0.2) is 13.7 Å². The lowest BCUT2D eigenvalue weighted by Crippen LogP contribution is -2.47. The van der Waals surface area contributed by atoms with Crippen molar-refractivity contribution >= 4 is 32.8 Å². The molecule has 2 aromatic heterocycles. The number of phosphoric ester groups is 1. The number of aromatic amines is 1. The highest BCUT2D eigenvalue weighted by atomic mass is 31.3. The Labute approximate surface area is 167 Å². The molecule has 0 amide bonds. The summed E-state index contributed by atoms with van der Waals surface area (Å²) in [7, 11) is -7.59. The Hall–Kier alpha value is -1.71. The third kappa shape index (κ3) is 4.63. The number of aliphatic hydroxyl groups excluding tert-OH is 1. The zero-order valence-electron chi connectivity index (χ0n) is 15.6. The molecule has 0 spiro atoms. The Morgan fingerprint density at radius 3 is 2.67 bits per heavy atom. The predicted octanol–water partition coefficient (Wildman–Crippen LogP) is -2.37. The molecule has 0 saturated carbocycles. The number of nitrogen functional groups attached to an aromatic ring is 1. The van der Waals surface area contributed by atoms with Crippen LogP contribution in [0.2, 0.25) is 0 Å². The molecule has 18 heteroatoms. The number of nitrogens with one attached hydrogen (secondary N) is 1. The van der Waals surface area contributed by atoms with E-state index in [1.165, 1.54) is 22.6 Å². The van der Waals surface area contributed by atoms with E-state index in [0.717, 1.165) is 0 Å². The first-order valence-electron chi connectivity index (χ1n) is 8.19. The van der Waals surface area contributed by atoms with Crippen LogP contribution >= 0.6 is 15.6 Å². The molecule has 3 rings (SSSR count). The van der Waals surface area contributed by atoms with E-state index < -0.39 is 52.4 Å². The summed E-state index contributed by atoms with van der Waals surface area (Å²) >= 11 is 0. The lowest BCUT2D eigenvalue weighted by molar-refractivity contribution is -0.746. The van der Waals surface area contributed by atoms with Crippen LogP contribution in [0.4, 0.5) is 5.95 Å². The van der Waals surface area contributed by atoms with Gasteiger partial charge in [0, 0.05) is 7.11 Å². The average molecular weight is 472 g/mol. The Balaban J connectivity index is 1.88. The molecule has 30 heavy (non-hydrogen) atoms. The maximum absolute atomic E-state index is 12.2. The number of imidazole rings is 1. The van der Waals surface area contributed by atoms with Gasteiger partial charge < -0.3 is 35.0 Å². The first-order chi connectivity index (χ1) is 13.8. The topological polar surface area (TPSA) is 233 Å². The third-order valence-electron chi connectivity index (χ3n) is 4.26. The number of aliphatic hydroxyl groups is 1. The summed E-state index contributed by atoms with van der Waals surface area (Å²) in [5.41, 5.74) is 5.37. The number of fused-ring (bicyclic) bond motifs is 1. The largest absolute Gasteiger partial charge is 0.481 e. The van der Waals surface area contributed by atoms with Gasteiger partial charge in [0.05, 0.1) is 13.7 Å². The summed E-state index contributed by atoms with van der Waals surface area (Å²) < 4.78 is 44.3. The van der Waals surface area contributed by atoms with Crippen molar-refractivity contribution in [2.45, 2.75) is 24.5 Å². The SMILES string of the molecule is COC1[C@@H](O)[C@@H](COP(=O)(O)OP(=O)(O)O)O[C@H]1[n+]1cn(C)c2c(=O)[nH]c(N)nc21. The van der Waals surface area contributed by atoms with Gasteiger partial charge >= 0.3 is 21.3 Å². The first kappa shape index (κ1) is 23.0. The fourth-order valence-electron chi connectivity index (χ4n) is 3.12. The lowest BCUT2D eigenvalue weighted by Gasteiger charge is -2.18. The molecular weight excluding hydrogens is 452 g/mol. The summed E-state index contributed by atoms with van der Waals surface area (Å²) in [6, 6.07) is 0. The van der Waals surface area contributed by atoms with E-state index in [-0.39, 0.29) is 17.1 Å². The second-order valence-corrected chi connectivity index (χ2v) is 9.18. The molecule has 2 unspecified atom stereocenters. The Morgan fingerprint density at radius 2 is 2.07 bits per heavy atom. The molecule has 1 saturated heterocycles. The number of H-pyrrole nitrogens is 1. The molecule has 1 fully saturated rings. The average Bonchev–Trinajstić information content (AvgIpc) is 3.07. The number of nitrogens with zero attached hydrogens (tertiary/aromatic N) is 3. The van der Waals surface area contributed by atoms with Crippen LogP contribution in [-0.2, 0) is 34.5 Å². The number of ether oxygens (including phenoxy) is 2. The highest BCUT2D eigenvalue weighted by Gasteiger charge is 2.49. The van der Waals surface area contributed by atoms with Crippen LogP contribution in [0.25, 0.3) is 11.2 Å². The Morgan fingerprint density at radius 1 is 1.40 bits per heavy atom. The van der Waals surface area contributed by atoms with Crippen molar-refractivity contribution < 1.29 is 51.8 Å². The van der Waals surface area contributed by atoms with Gasteiger partial charge in [0.2, 0.25) is 11.7 Å². The fraction of sp³-hybridized carbons (Fsp3) is 0.583. The summed E-state index contributed by atoms with van der Waals surface area (Å²) in [5, 5.41) is 10.5. The summed E-state index contributed by atoms with van der Waals surface area (Å²) in [6.07, 6.45) is -3.29. The van der Waals surface area contributed by atoms with Crippen molar-refractivity contribution in [1.29, 1.82) is 0 Å². The normalized spacial score (nSPS) is 26.9.